The van der Waals surface area contributed by atoms with Gasteiger partial charge in [0.2, 0.25) is 5.91 Å². The molecule has 3 amide bonds. The van der Waals surface area contributed by atoms with Gasteiger partial charge >= 0.3 is 0 Å². The first-order chi connectivity index (χ1) is 10.1. The molecule has 0 fully saturated rings. The molecule has 1 aliphatic rings. The van der Waals surface area contributed by atoms with Crippen LogP contribution in [0.5, 0.6) is 0 Å². The number of nitrogens with one attached hydrogen (secondary N) is 1. The second-order valence-electron chi connectivity index (χ2n) is 4.49. The zero-order valence-corrected chi connectivity index (χ0v) is 12.3. The highest BCUT2D eigenvalue weighted by Crippen LogP contribution is 2.03. The molecule has 118 valence electrons. The third-order valence-electron chi connectivity index (χ3n) is 2.75. The van der Waals surface area contributed by atoms with Crippen LogP contribution in [0.2, 0.25) is 0 Å². The monoisotopic (exact) mass is 298 g/mol. The van der Waals surface area contributed by atoms with Gasteiger partial charge < -0.3 is 14.8 Å². The van der Waals surface area contributed by atoms with Crippen LogP contribution in [-0.4, -0.2) is 62.1 Å². The van der Waals surface area contributed by atoms with Crippen molar-refractivity contribution >= 4 is 17.7 Å². The van der Waals surface area contributed by atoms with Crippen molar-refractivity contribution in [3.63, 3.8) is 0 Å². The number of carbonyl (C=O) groups is 3. The van der Waals surface area contributed by atoms with E-state index in [4.69, 9.17) is 9.47 Å². The Morgan fingerprint density at radius 3 is 2.33 bits per heavy atom. The average Bonchev–Trinajstić information content (AvgIpc) is 2.78. The van der Waals surface area contributed by atoms with Crippen molar-refractivity contribution in [2.24, 2.45) is 0 Å². The van der Waals surface area contributed by atoms with Crippen molar-refractivity contribution in [2.75, 3.05) is 39.5 Å². The predicted molar refractivity (Wildman–Crippen MR) is 75.4 cm³/mol. The smallest absolute Gasteiger partial charge is 0.253 e. The lowest BCUT2D eigenvalue weighted by Gasteiger charge is -2.13. The Balaban J connectivity index is 1.97. The van der Waals surface area contributed by atoms with Gasteiger partial charge in [-0.1, -0.05) is 6.92 Å². The maximum atomic E-state index is 11.5. The van der Waals surface area contributed by atoms with E-state index in [0.29, 0.717) is 26.4 Å². The molecule has 0 saturated heterocycles. The number of hydrogen-bond donors (Lipinski definition) is 1. The van der Waals surface area contributed by atoms with E-state index >= 15 is 0 Å². The highest BCUT2D eigenvalue weighted by atomic mass is 16.5. The van der Waals surface area contributed by atoms with E-state index in [1.165, 1.54) is 12.2 Å². The summed E-state index contributed by atoms with van der Waals surface area (Å²) in [6.45, 7) is 4.71. The van der Waals surface area contributed by atoms with Gasteiger partial charge in [0, 0.05) is 38.3 Å². The van der Waals surface area contributed by atoms with Crippen LogP contribution in [0.4, 0.5) is 0 Å². The van der Waals surface area contributed by atoms with Crippen LogP contribution in [0.25, 0.3) is 0 Å². The molecular formula is C14H22N2O5. The highest BCUT2D eigenvalue weighted by molar-refractivity contribution is 6.13. The molecule has 0 saturated carbocycles. The van der Waals surface area contributed by atoms with Crippen LogP contribution in [0.3, 0.4) is 0 Å². The minimum Gasteiger partial charge on any atom is -0.379 e. The molecule has 1 N–H and O–H groups in total. The fourth-order valence-corrected chi connectivity index (χ4v) is 1.68. The van der Waals surface area contributed by atoms with Crippen LogP contribution in [0.15, 0.2) is 12.2 Å². The van der Waals surface area contributed by atoms with Crippen molar-refractivity contribution in [1.29, 1.82) is 0 Å². The molecule has 21 heavy (non-hydrogen) atoms. The Morgan fingerprint density at radius 2 is 1.71 bits per heavy atom. The van der Waals surface area contributed by atoms with E-state index < -0.39 is 0 Å². The molecule has 0 atom stereocenters. The number of ether oxygens (including phenoxy) is 2. The first-order valence-electron chi connectivity index (χ1n) is 7.11. The van der Waals surface area contributed by atoms with E-state index in [1.807, 2.05) is 6.92 Å². The van der Waals surface area contributed by atoms with E-state index in [0.717, 1.165) is 17.9 Å². The highest BCUT2D eigenvalue weighted by Gasteiger charge is 2.23. The Kier molecular flexibility index (Phi) is 8.30. The molecule has 1 rings (SSSR count). The van der Waals surface area contributed by atoms with E-state index in [2.05, 4.69) is 5.32 Å². The third kappa shape index (κ3) is 7.01. The number of carbonyl (C=O) groups excluding carboxylic acids is 3. The third-order valence-corrected chi connectivity index (χ3v) is 2.75. The lowest BCUT2D eigenvalue weighted by Crippen LogP contribution is -2.35. The summed E-state index contributed by atoms with van der Waals surface area (Å²) in [5.74, 6) is -0.959. The van der Waals surface area contributed by atoms with Gasteiger partial charge in [0.15, 0.2) is 0 Å². The Labute approximate surface area is 124 Å². The summed E-state index contributed by atoms with van der Waals surface area (Å²) >= 11 is 0. The summed E-state index contributed by atoms with van der Waals surface area (Å²) in [6.07, 6.45) is 3.48. The minimum absolute atomic E-state index is 0.0960. The van der Waals surface area contributed by atoms with Gasteiger partial charge in [0.1, 0.15) is 0 Å². The fraction of sp³-hybridized carbons (Fsp3) is 0.643. The van der Waals surface area contributed by atoms with Crippen LogP contribution >= 0.6 is 0 Å². The number of amides is 3. The quantitative estimate of drug-likeness (QED) is 0.424. The molecule has 0 spiro atoms. The standard InChI is InChI=1S/C14H22N2O5/c1-2-8-20-10-11-21-9-6-15-12(17)5-7-16-13(18)3-4-14(16)19/h3-4H,2,5-11H2,1H3,(H,15,17). The van der Waals surface area contributed by atoms with Gasteiger partial charge in [0.05, 0.1) is 19.8 Å². The maximum absolute atomic E-state index is 11.5. The molecule has 0 aromatic carbocycles. The maximum Gasteiger partial charge on any atom is 0.253 e. The zero-order valence-electron chi connectivity index (χ0n) is 12.3. The first kappa shape index (κ1) is 17.3. The summed E-state index contributed by atoms with van der Waals surface area (Å²) in [5.41, 5.74) is 0. The van der Waals surface area contributed by atoms with Gasteiger partial charge in [0.25, 0.3) is 11.8 Å². The minimum atomic E-state index is -0.372. The van der Waals surface area contributed by atoms with Gasteiger partial charge in [-0.05, 0) is 6.42 Å². The molecule has 0 aliphatic carbocycles. The number of hydrogen-bond acceptors (Lipinski definition) is 5. The van der Waals surface area contributed by atoms with Crippen LogP contribution < -0.4 is 5.32 Å². The summed E-state index contributed by atoms with van der Waals surface area (Å²) in [7, 11) is 0. The summed E-state index contributed by atoms with van der Waals surface area (Å²) in [6, 6.07) is 0. The van der Waals surface area contributed by atoms with Crippen molar-refractivity contribution in [1.82, 2.24) is 10.2 Å². The molecule has 7 heteroatoms. The molecule has 1 heterocycles. The predicted octanol–water partition coefficient (Wildman–Crippen LogP) is -0.139. The first-order valence-corrected chi connectivity index (χ1v) is 7.11. The Bertz CT molecular complexity index is 377. The second kappa shape index (κ2) is 10.1. The summed E-state index contributed by atoms with van der Waals surface area (Å²) < 4.78 is 10.5. The lowest BCUT2D eigenvalue weighted by atomic mass is 10.3. The van der Waals surface area contributed by atoms with E-state index in [-0.39, 0.29) is 30.7 Å². The number of rotatable bonds is 11. The van der Waals surface area contributed by atoms with Crippen molar-refractivity contribution in [3.05, 3.63) is 12.2 Å². The van der Waals surface area contributed by atoms with Crippen LogP contribution in [-0.2, 0) is 23.9 Å². The number of nitrogens with zero attached hydrogens (tertiary/aromatic N) is 1. The van der Waals surface area contributed by atoms with Gasteiger partial charge in [-0.3, -0.25) is 19.3 Å². The SMILES string of the molecule is CCCOCCOCCNC(=O)CCN1C(=O)C=CC1=O. The topological polar surface area (TPSA) is 84.9 Å². The van der Waals surface area contributed by atoms with Crippen LogP contribution in [0, 0.1) is 0 Å². The molecule has 0 unspecified atom stereocenters. The largest absolute Gasteiger partial charge is 0.379 e. The van der Waals surface area contributed by atoms with Gasteiger partial charge in [-0.25, -0.2) is 0 Å². The molecular weight excluding hydrogens is 276 g/mol. The fourth-order valence-electron chi connectivity index (χ4n) is 1.68. The van der Waals surface area contributed by atoms with Crippen molar-refractivity contribution in [3.8, 4) is 0 Å². The normalized spacial score (nSPS) is 14.0. The van der Waals surface area contributed by atoms with Crippen LogP contribution in [0.1, 0.15) is 19.8 Å². The molecule has 1 aliphatic heterocycles. The molecule has 0 aromatic rings. The molecule has 0 aromatic heterocycles. The summed E-state index contributed by atoms with van der Waals surface area (Å²) in [5, 5.41) is 2.66. The zero-order chi connectivity index (χ0) is 15.5. The molecule has 0 bridgehead atoms. The van der Waals surface area contributed by atoms with E-state index in [9.17, 15) is 14.4 Å². The molecule has 0 radical (unpaired) electrons. The van der Waals surface area contributed by atoms with Gasteiger partial charge in [-0.2, -0.15) is 0 Å². The lowest BCUT2D eigenvalue weighted by molar-refractivity contribution is -0.137. The van der Waals surface area contributed by atoms with Crippen molar-refractivity contribution < 1.29 is 23.9 Å². The van der Waals surface area contributed by atoms with Crippen molar-refractivity contribution in [2.45, 2.75) is 19.8 Å². The Hall–Kier alpha value is -1.73. The average molecular weight is 298 g/mol. The summed E-state index contributed by atoms with van der Waals surface area (Å²) in [4.78, 5) is 35.1. The Morgan fingerprint density at radius 1 is 1.10 bits per heavy atom. The second-order valence-corrected chi connectivity index (χ2v) is 4.49. The van der Waals surface area contributed by atoms with Gasteiger partial charge in [-0.15, -0.1) is 0 Å². The van der Waals surface area contributed by atoms with E-state index in [1.54, 1.807) is 0 Å². The number of imide groups is 1. The molecule has 7 nitrogen and oxygen atoms in total.